The van der Waals surface area contributed by atoms with Crippen LogP contribution in [0.1, 0.15) is 56.2 Å². The van der Waals surface area contributed by atoms with Crippen molar-refractivity contribution < 1.29 is 9.59 Å². The van der Waals surface area contributed by atoms with Gasteiger partial charge < -0.3 is 5.73 Å². The lowest BCUT2D eigenvalue weighted by atomic mass is 10.0. The Morgan fingerprint density at radius 1 is 0.853 bits per heavy atom. The summed E-state index contributed by atoms with van der Waals surface area (Å²) in [7, 11) is 0. The third-order valence-electron chi connectivity index (χ3n) is 5.72. The SMILES string of the molecule is NCc1c(Cl)cc(Cl)cc1C1CC1.O=C1c2ccccc2C(=O)N1Cc1c(Cl)cc(Cl)cc1Br. The minimum atomic E-state index is -0.312. The third kappa shape index (κ3) is 5.30. The van der Waals surface area contributed by atoms with Crippen molar-refractivity contribution in [2.24, 2.45) is 5.73 Å². The van der Waals surface area contributed by atoms with Crippen molar-refractivity contribution in [3.63, 3.8) is 0 Å². The van der Waals surface area contributed by atoms with Gasteiger partial charge >= 0.3 is 0 Å². The summed E-state index contributed by atoms with van der Waals surface area (Å²) < 4.78 is 0.663. The first-order valence-electron chi connectivity index (χ1n) is 10.5. The standard InChI is InChI=1S/C15H8BrCl2NO2.C10H11Cl2N/c16-12-5-8(17)6-13(18)11(12)7-19-14(20)9-3-1-2-4-10(9)15(19)21;11-7-3-8(6-1-2-6)9(5-13)10(12)4-7/h1-6H,7H2;3-4,6H,1-2,5,13H2. The van der Waals surface area contributed by atoms with Crippen molar-refractivity contribution in [3.8, 4) is 0 Å². The summed E-state index contributed by atoms with van der Waals surface area (Å²) in [6, 6.07) is 13.8. The summed E-state index contributed by atoms with van der Waals surface area (Å²) in [4.78, 5) is 25.8. The van der Waals surface area contributed by atoms with E-state index in [1.165, 1.54) is 23.3 Å². The average molecular weight is 601 g/mol. The molecule has 5 rings (SSSR count). The smallest absolute Gasteiger partial charge is 0.261 e. The molecule has 1 heterocycles. The van der Waals surface area contributed by atoms with Crippen molar-refractivity contribution in [1.82, 2.24) is 4.90 Å². The lowest BCUT2D eigenvalue weighted by Crippen LogP contribution is -2.29. The van der Waals surface area contributed by atoms with Gasteiger partial charge in [-0.05, 0) is 66.3 Å². The van der Waals surface area contributed by atoms with Crippen LogP contribution in [0.3, 0.4) is 0 Å². The molecule has 1 aliphatic heterocycles. The summed E-state index contributed by atoms with van der Waals surface area (Å²) in [5.74, 6) is 0.0248. The molecule has 0 unspecified atom stereocenters. The van der Waals surface area contributed by atoms with E-state index in [0.29, 0.717) is 53.7 Å². The van der Waals surface area contributed by atoms with Gasteiger partial charge in [0.05, 0.1) is 17.7 Å². The number of nitrogens with two attached hydrogens (primary N) is 1. The van der Waals surface area contributed by atoms with Crippen LogP contribution in [0.15, 0.2) is 53.0 Å². The Balaban J connectivity index is 0.000000180. The van der Waals surface area contributed by atoms with Crippen molar-refractivity contribution in [3.05, 3.63) is 101 Å². The number of carbonyl (C=O) groups is 2. The molecule has 34 heavy (non-hydrogen) atoms. The third-order valence-corrected chi connectivity index (χ3v) is 7.53. The number of hydrogen-bond acceptors (Lipinski definition) is 3. The molecule has 9 heteroatoms. The highest BCUT2D eigenvalue weighted by atomic mass is 79.9. The molecule has 0 saturated heterocycles. The number of fused-ring (bicyclic) bond motifs is 1. The summed E-state index contributed by atoms with van der Waals surface area (Å²) in [5.41, 5.74) is 9.44. The van der Waals surface area contributed by atoms with E-state index in [1.807, 2.05) is 6.07 Å². The molecule has 3 aromatic rings. The van der Waals surface area contributed by atoms with Gasteiger partial charge in [0.1, 0.15) is 0 Å². The van der Waals surface area contributed by atoms with E-state index in [0.717, 1.165) is 5.56 Å². The molecule has 1 fully saturated rings. The minimum Gasteiger partial charge on any atom is -0.326 e. The monoisotopic (exact) mass is 598 g/mol. The molecule has 0 radical (unpaired) electrons. The molecule has 0 atom stereocenters. The summed E-state index contributed by atoms with van der Waals surface area (Å²) in [6.45, 7) is 0.602. The second-order valence-corrected chi connectivity index (χ2v) is 10.6. The zero-order chi connectivity index (χ0) is 24.6. The Labute approximate surface area is 226 Å². The Bertz CT molecular complexity index is 1240. The van der Waals surface area contributed by atoms with Crippen LogP contribution in [0.2, 0.25) is 20.1 Å². The fourth-order valence-electron chi connectivity index (χ4n) is 3.86. The van der Waals surface area contributed by atoms with Crippen LogP contribution in [0.4, 0.5) is 0 Å². The summed E-state index contributed by atoms with van der Waals surface area (Å²) in [5, 5.41) is 2.31. The fourth-order valence-corrected chi connectivity index (χ4v) is 5.83. The minimum absolute atomic E-state index is 0.100. The fraction of sp³-hybridized carbons (Fsp3) is 0.200. The number of amides is 2. The molecule has 3 aromatic carbocycles. The van der Waals surface area contributed by atoms with Crippen LogP contribution in [0.25, 0.3) is 0 Å². The summed E-state index contributed by atoms with van der Waals surface area (Å²) >= 11 is 27.4. The van der Waals surface area contributed by atoms with Crippen LogP contribution >= 0.6 is 62.3 Å². The van der Waals surface area contributed by atoms with Crippen molar-refractivity contribution >= 4 is 74.1 Å². The molecule has 176 valence electrons. The van der Waals surface area contributed by atoms with Gasteiger partial charge in [0, 0.05) is 36.7 Å². The van der Waals surface area contributed by atoms with Crippen LogP contribution in [0, 0.1) is 0 Å². The normalized spacial score (nSPS) is 14.7. The first kappa shape index (κ1) is 25.5. The van der Waals surface area contributed by atoms with Crippen LogP contribution in [0.5, 0.6) is 0 Å². The first-order chi connectivity index (χ1) is 16.2. The van der Waals surface area contributed by atoms with Gasteiger partial charge in [-0.15, -0.1) is 0 Å². The molecular formula is C25H19BrCl4N2O2. The Morgan fingerprint density at radius 3 is 1.88 bits per heavy atom. The number of carbonyl (C=O) groups excluding carboxylic acids is 2. The Morgan fingerprint density at radius 2 is 1.38 bits per heavy atom. The van der Waals surface area contributed by atoms with E-state index in [1.54, 1.807) is 42.5 Å². The van der Waals surface area contributed by atoms with E-state index in [4.69, 9.17) is 52.1 Å². The second kappa shape index (κ2) is 10.6. The number of rotatable bonds is 4. The predicted octanol–water partition coefficient (Wildman–Crippen LogP) is 7.88. The molecule has 2 amide bonds. The maximum atomic E-state index is 12.3. The zero-order valence-electron chi connectivity index (χ0n) is 17.8. The largest absolute Gasteiger partial charge is 0.326 e. The van der Waals surface area contributed by atoms with Gasteiger partial charge in [-0.3, -0.25) is 14.5 Å². The van der Waals surface area contributed by atoms with E-state index in [-0.39, 0.29) is 18.4 Å². The second-order valence-electron chi connectivity index (χ2n) is 8.02. The van der Waals surface area contributed by atoms with Gasteiger partial charge in [-0.2, -0.15) is 0 Å². The zero-order valence-corrected chi connectivity index (χ0v) is 22.4. The highest BCUT2D eigenvalue weighted by Gasteiger charge is 2.35. The molecule has 2 aliphatic rings. The molecule has 2 N–H and O–H groups in total. The van der Waals surface area contributed by atoms with Gasteiger partial charge in [-0.25, -0.2) is 0 Å². The molecule has 1 aliphatic carbocycles. The topological polar surface area (TPSA) is 63.4 Å². The van der Waals surface area contributed by atoms with E-state index >= 15 is 0 Å². The number of nitrogens with zero attached hydrogens (tertiary/aromatic N) is 1. The number of hydrogen-bond donors (Lipinski definition) is 1. The van der Waals surface area contributed by atoms with E-state index in [9.17, 15) is 9.59 Å². The highest BCUT2D eigenvalue weighted by molar-refractivity contribution is 9.10. The lowest BCUT2D eigenvalue weighted by Gasteiger charge is -2.16. The molecule has 4 nitrogen and oxygen atoms in total. The Hall–Kier alpha value is -1.60. The van der Waals surface area contributed by atoms with Crippen LogP contribution in [-0.2, 0) is 13.1 Å². The van der Waals surface area contributed by atoms with Crippen LogP contribution in [-0.4, -0.2) is 16.7 Å². The van der Waals surface area contributed by atoms with Crippen molar-refractivity contribution in [2.45, 2.75) is 31.8 Å². The highest BCUT2D eigenvalue weighted by Crippen LogP contribution is 2.44. The van der Waals surface area contributed by atoms with Crippen molar-refractivity contribution in [2.75, 3.05) is 0 Å². The van der Waals surface area contributed by atoms with Crippen molar-refractivity contribution in [1.29, 1.82) is 0 Å². The quantitative estimate of drug-likeness (QED) is 0.310. The number of imide groups is 1. The summed E-state index contributed by atoms with van der Waals surface area (Å²) in [6.07, 6.45) is 2.48. The Kier molecular flexibility index (Phi) is 7.92. The predicted molar refractivity (Wildman–Crippen MR) is 141 cm³/mol. The number of benzene rings is 3. The lowest BCUT2D eigenvalue weighted by molar-refractivity contribution is 0.0642. The maximum absolute atomic E-state index is 12.3. The first-order valence-corrected chi connectivity index (χ1v) is 12.8. The molecule has 0 spiro atoms. The molecule has 0 aromatic heterocycles. The molecule has 0 bridgehead atoms. The van der Waals surface area contributed by atoms with Gasteiger partial charge in [0.25, 0.3) is 11.8 Å². The maximum Gasteiger partial charge on any atom is 0.261 e. The molecular weight excluding hydrogens is 582 g/mol. The van der Waals surface area contributed by atoms with Crippen LogP contribution < -0.4 is 5.73 Å². The van der Waals surface area contributed by atoms with Gasteiger partial charge in [-0.1, -0.05) is 74.5 Å². The molecule has 1 saturated carbocycles. The van der Waals surface area contributed by atoms with Gasteiger partial charge in [0.2, 0.25) is 0 Å². The average Bonchev–Trinajstić information content (AvgIpc) is 3.60. The number of halogens is 5. The van der Waals surface area contributed by atoms with E-state index in [2.05, 4.69) is 15.9 Å². The van der Waals surface area contributed by atoms with E-state index < -0.39 is 0 Å². The van der Waals surface area contributed by atoms with Gasteiger partial charge in [0.15, 0.2) is 0 Å².